The Hall–Kier alpha value is -2.35. The van der Waals surface area contributed by atoms with E-state index in [1.54, 1.807) is 0 Å². The summed E-state index contributed by atoms with van der Waals surface area (Å²) >= 11 is 0. The first-order chi connectivity index (χ1) is 13.8. The molecule has 0 bridgehead atoms. The van der Waals surface area contributed by atoms with E-state index in [2.05, 4.69) is 76.6 Å². The van der Waals surface area contributed by atoms with Crippen LogP contribution in [-0.2, 0) is 0 Å². The standard InChI is InChI=1S/C27H34N2/c1-8-18(4)27(7,10-3)22-15-24-25-26(6,17-29(24)19(5)21(22)9-2)16-20-13-11-12-14-23(20)28-25/h8,11-13,15,23H,1,4-5,9-10,14,16-17H2,2-3,6-7H3/t23?,26?,27-/m0/s1. The van der Waals surface area contributed by atoms with Crippen LogP contribution in [0.15, 0.2) is 88.8 Å². The first kappa shape index (κ1) is 19.9. The molecule has 4 aliphatic rings. The van der Waals surface area contributed by atoms with Gasteiger partial charge in [-0.2, -0.15) is 0 Å². The normalized spacial score (nSPS) is 29.9. The summed E-state index contributed by atoms with van der Waals surface area (Å²) in [4.78, 5) is 7.73. The Bertz CT molecular complexity index is 951. The van der Waals surface area contributed by atoms with Crippen LogP contribution in [0.2, 0.25) is 0 Å². The fourth-order valence-corrected chi connectivity index (χ4v) is 5.52. The molecular formula is C27H34N2. The molecule has 4 rings (SSSR count). The van der Waals surface area contributed by atoms with Gasteiger partial charge in [-0.3, -0.25) is 4.99 Å². The number of aliphatic imine (C=N–C) groups is 1. The maximum Gasteiger partial charge on any atom is 0.0751 e. The Balaban J connectivity index is 1.88. The zero-order chi connectivity index (χ0) is 21.0. The predicted molar refractivity (Wildman–Crippen MR) is 125 cm³/mol. The van der Waals surface area contributed by atoms with Gasteiger partial charge < -0.3 is 4.90 Å². The lowest BCUT2D eigenvalue weighted by Gasteiger charge is -2.39. The van der Waals surface area contributed by atoms with Gasteiger partial charge in [0.2, 0.25) is 0 Å². The summed E-state index contributed by atoms with van der Waals surface area (Å²) in [5.41, 5.74) is 8.84. The van der Waals surface area contributed by atoms with Crippen molar-refractivity contribution >= 4 is 5.71 Å². The molecule has 0 aromatic heterocycles. The zero-order valence-corrected chi connectivity index (χ0v) is 18.5. The summed E-state index contributed by atoms with van der Waals surface area (Å²) in [6, 6.07) is 0.304. The van der Waals surface area contributed by atoms with E-state index in [4.69, 9.17) is 4.99 Å². The molecule has 2 nitrogen and oxygen atoms in total. The predicted octanol–water partition coefficient (Wildman–Crippen LogP) is 6.68. The average molecular weight is 387 g/mol. The minimum Gasteiger partial charge on any atom is -0.339 e. The molecule has 2 heteroatoms. The molecule has 0 radical (unpaired) electrons. The number of fused-ring (bicyclic) bond motifs is 4. The van der Waals surface area contributed by atoms with Crippen LogP contribution in [0.4, 0.5) is 0 Å². The summed E-state index contributed by atoms with van der Waals surface area (Å²) < 4.78 is 0. The van der Waals surface area contributed by atoms with Crippen molar-refractivity contribution in [3.63, 3.8) is 0 Å². The highest BCUT2D eigenvalue weighted by molar-refractivity contribution is 6.08. The lowest BCUT2D eigenvalue weighted by Crippen LogP contribution is -2.35. The van der Waals surface area contributed by atoms with Gasteiger partial charge in [0.15, 0.2) is 0 Å². The van der Waals surface area contributed by atoms with Crippen LogP contribution < -0.4 is 0 Å². The average Bonchev–Trinajstić information content (AvgIpc) is 3.02. The van der Waals surface area contributed by atoms with Crippen molar-refractivity contribution in [2.75, 3.05) is 6.54 Å². The molecule has 0 saturated carbocycles. The lowest BCUT2D eigenvalue weighted by molar-refractivity contribution is 0.346. The number of rotatable bonds is 5. The lowest BCUT2D eigenvalue weighted by atomic mass is 9.69. The van der Waals surface area contributed by atoms with Crippen LogP contribution in [0.3, 0.4) is 0 Å². The Labute approximate surface area is 176 Å². The van der Waals surface area contributed by atoms with E-state index in [0.29, 0.717) is 6.04 Å². The van der Waals surface area contributed by atoms with Crippen molar-refractivity contribution in [1.82, 2.24) is 4.90 Å². The van der Waals surface area contributed by atoms with E-state index in [-0.39, 0.29) is 10.8 Å². The van der Waals surface area contributed by atoms with Crippen LogP contribution in [0, 0.1) is 10.8 Å². The highest BCUT2D eigenvalue weighted by atomic mass is 15.2. The van der Waals surface area contributed by atoms with E-state index in [0.717, 1.165) is 43.5 Å². The largest absolute Gasteiger partial charge is 0.339 e. The minimum absolute atomic E-state index is 0.0502. The van der Waals surface area contributed by atoms with Gasteiger partial charge in [-0.25, -0.2) is 0 Å². The first-order valence-electron chi connectivity index (χ1n) is 11.0. The molecule has 152 valence electrons. The van der Waals surface area contributed by atoms with Gasteiger partial charge in [-0.15, -0.1) is 0 Å². The van der Waals surface area contributed by atoms with Gasteiger partial charge in [0.05, 0.1) is 17.5 Å². The van der Waals surface area contributed by atoms with Gasteiger partial charge in [-0.05, 0) is 54.1 Å². The maximum absolute atomic E-state index is 5.30. The van der Waals surface area contributed by atoms with Crippen molar-refractivity contribution in [2.45, 2.75) is 59.4 Å². The topological polar surface area (TPSA) is 15.6 Å². The summed E-state index contributed by atoms with van der Waals surface area (Å²) in [5, 5.41) is 0. The van der Waals surface area contributed by atoms with Crippen LogP contribution >= 0.6 is 0 Å². The van der Waals surface area contributed by atoms with Crippen molar-refractivity contribution in [3.8, 4) is 0 Å². The highest BCUT2D eigenvalue weighted by Crippen LogP contribution is 2.52. The van der Waals surface area contributed by atoms with Crippen molar-refractivity contribution < 1.29 is 0 Å². The van der Waals surface area contributed by atoms with E-state index in [1.807, 2.05) is 6.08 Å². The molecule has 2 unspecified atom stereocenters. The van der Waals surface area contributed by atoms with Gasteiger partial charge in [0.25, 0.3) is 0 Å². The molecule has 1 saturated heterocycles. The second-order valence-electron chi connectivity index (χ2n) is 9.36. The van der Waals surface area contributed by atoms with Crippen molar-refractivity contribution in [1.29, 1.82) is 0 Å². The van der Waals surface area contributed by atoms with E-state index in [1.165, 1.54) is 28.1 Å². The molecule has 1 aliphatic carbocycles. The van der Waals surface area contributed by atoms with Crippen molar-refractivity contribution in [2.24, 2.45) is 15.8 Å². The molecule has 3 heterocycles. The van der Waals surface area contributed by atoms with Gasteiger partial charge in [-0.1, -0.05) is 71.7 Å². The Morgan fingerprint density at radius 3 is 2.83 bits per heavy atom. The smallest absolute Gasteiger partial charge is 0.0751 e. The quantitative estimate of drug-likeness (QED) is 0.481. The van der Waals surface area contributed by atoms with Crippen LogP contribution in [0.25, 0.3) is 0 Å². The number of nitrogens with zero attached hydrogens (tertiary/aromatic N) is 2. The summed E-state index contributed by atoms with van der Waals surface area (Å²) in [6.07, 6.45) is 15.1. The Kier molecular flexibility index (Phi) is 4.72. The second-order valence-corrected chi connectivity index (χ2v) is 9.36. The van der Waals surface area contributed by atoms with Crippen LogP contribution in [0.1, 0.15) is 53.4 Å². The third-order valence-electron chi connectivity index (χ3n) is 7.62. The van der Waals surface area contributed by atoms with Gasteiger partial charge in [0.1, 0.15) is 0 Å². The third-order valence-corrected chi connectivity index (χ3v) is 7.62. The van der Waals surface area contributed by atoms with Gasteiger partial charge in [0, 0.05) is 23.1 Å². The summed E-state index contributed by atoms with van der Waals surface area (Å²) in [5.74, 6) is 0. The molecule has 0 aromatic rings. The molecule has 0 N–H and O–H groups in total. The number of allylic oxidation sites excluding steroid dienone is 8. The maximum atomic E-state index is 5.30. The molecule has 3 atom stereocenters. The summed E-state index contributed by atoms with van der Waals surface area (Å²) in [7, 11) is 0. The SMILES string of the molecule is C=CC(=C)[C@](C)(CC)C1=C(CC)C(=C)N2CC3(C)CC4=CC=CCC4N=C3C2=C1. The fourth-order valence-electron chi connectivity index (χ4n) is 5.52. The summed E-state index contributed by atoms with van der Waals surface area (Å²) in [6.45, 7) is 23.0. The molecule has 1 fully saturated rings. The monoisotopic (exact) mass is 386 g/mol. The molecule has 0 spiro atoms. The number of hydrogen-bond acceptors (Lipinski definition) is 2. The Morgan fingerprint density at radius 1 is 1.41 bits per heavy atom. The first-order valence-corrected chi connectivity index (χ1v) is 11.0. The van der Waals surface area contributed by atoms with Crippen LogP contribution in [-0.4, -0.2) is 23.2 Å². The second kappa shape index (κ2) is 6.86. The van der Waals surface area contributed by atoms with E-state index in [9.17, 15) is 0 Å². The fraction of sp³-hybridized carbons (Fsp3) is 0.444. The number of hydrogen-bond donors (Lipinski definition) is 0. The van der Waals surface area contributed by atoms with Crippen molar-refractivity contribution in [3.05, 3.63) is 83.8 Å². The molecule has 0 amide bonds. The molecule has 0 aromatic carbocycles. The van der Waals surface area contributed by atoms with E-state index < -0.39 is 0 Å². The highest BCUT2D eigenvalue weighted by Gasteiger charge is 2.50. The van der Waals surface area contributed by atoms with Crippen LogP contribution in [0.5, 0.6) is 0 Å². The molecule has 3 aliphatic heterocycles. The van der Waals surface area contributed by atoms with Gasteiger partial charge >= 0.3 is 0 Å². The third kappa shape index (κ3) is 2.79. The molecule has 29 heavy (non-hydrogen) atoms. The zero-order valence-electron chi connectivity index (χ0n) is 18.5. The minimum atomic E-state index is -0.137. The Morgan fingerprint density at radius 2 is 2.17 bits per heavy atom. The van der Waals surface area contributed by atoms with E-state index >= 15 is 0 Å². The molecular weight excluding hydrogens is 352 g/mol.